The van der Waals surface area contributed by atoms with E-state index in [2.05, 4.69) is 31.0 Å². The van der Waals surface area contributed by atoms with E-state index < -0.39 is 5.91 Å². The van der Waals surface area contributed by atoms with Crippen LogP contribution >= 0.6 is 27.5 Å². The van der Waals surface area contributed by atoms with Crippen LogP contribution in [0.15, 0.2) is 52.0 Å². The fourth-order valence-corrected chi connectivity index (χ4v) is 4.02. The van der Waals surface area contributed by atoms with Crippen molar-refractivity contribution in [3.8, 4) is 17.2 Å². The largest absolute Gasteiger partial charge is 0.493 e. The molecule has 0 aliphatic carbocycles. The monoisotopic (exact) mass is 489 g/mol. The number of hydrogen-bond donors (Lipinski definition) is 1. The van der Waals surface area contributed by atoms with Gasteiger partial charge in [-0.15, -0.1) is 0 Å². The van der Waals surface area contributed by atoms with E-state index in [0.717, 1.165) is 22.6 Å². The van der Waals surface area contributed by atoms with Crippen molar-refractivity contribution in [2.24, 2.45) is 5.10 Å². The number of hydrazone groups is 1. The molecular weight excluding hydrogens is 470 g/mol. The van der Waals surface area contributed by atoms with Crippen LogP contribution < -0.4 is 14.9 Å². The lowest BCUT2D eigenvalue weighted by Gasteiger charge is -2.11. The Balaban J connectivity index is 1.76. The van der Waals surface area contributed by atoms with E-state index in [1.165, 1.54) is 6.21 Å². The number of aryl methyl sites for hydroxylation is 2. The number of carbonyl (C=O) groups excluding carboxylic acids is 1. The second-order valence-electron chi connectivity index (χ2n) is 6.55. The number of amides is 1. The van der Waals surface area contributed by atoms with Gasteiger partial charge in [-0.05, 0) is 77.8 Å². The molecule has 6 nitrogen and oxygen atoms in total. The maximum absolute atomic E-state index is 12.5. The normalized spacial score (nSPS) is 11.0. The highest BCUT2D eigenvalue weighted by molar-refractivity contribution is 9.10. The Morgan fingerprint density at radius 1 is 1.10 bits per heavy atom. The topological polar surface area (TPSA) is 64.8 Å². The smallest absolute Gasteiger partial charge is 0.272 e. The standard InChI is InChI=1S/C22H21BrClN3O3/c1-13-5-6-14(2)27(13)16-7-8-17(19(24)11-16)22(28)26-25-12-15-9-18(23)21(30-4)20(10-15)29-3/h5-12H,1-4H3,(H,26,28)/b25-12-. The summed E-state index contributed by atoms with van der Waals surface area (Å²) >= 11 is 9.80. The van der Waals surface area contributed by atoms with Crippen LogP contribution in [0.4, 0.5) is 0 Å². The van der Waals surface area contributed by atoms with Crippen molar-refractivity contribution in [2.45, 2.75) is 13.8 Å². The molecule has 8 heteroatoms. The summed E-state index contributed by atoms with van der Waals surface area (Å²) < 4.78 is 13.4. The number of rotatable bonds is 6. The first-order chi connectivity index (χ1) is 14.3. The second-order valence-corrected chi connectivity index (χ2v) is 7.81. The van der Waals surface area contributed by atoms with Crippen molar-refractivity contribution < 1.29 is 14.3 Å². The highest BCUT2D eigenvalue weighted by Gasteiger charge is 2.13. The van der Waals surface area contributed by atoms with Crippen LogP contribution in [0.25, 0.3) is 5.69 Å². The summed E-state index contributed by atoms with van der Waals surface area (Å²) in [6.45, 7) is 4.03. The summed E-state index contributed by atoms with van der Waals surface area (Å²) in [6, 6.07) is 12.9. The molecule has 3 rings (SSSR count). The molecule has 1 N–H and O–H groups in total. The molecule has 1 aromatic heterocycles. The van der Waals surface area contributed by atoms with E-state index in [-0.39, 0.29) is 0 Å². The predicted octanol–water partition coefficient (Wildman–Crippen LogP) is 5.29. The molecule has 30 heavy (non-hydrogen) atoms. The van der Waals surface area contributed by atoms with Crippen molar-refractivity contribution in [1.29, 1.82) is 0 Å². The minimum absolute atomic E-state index is 0.341. The molecule has 156 valence electrons. The summed E-state index contributed by atoms with van der Waals surface area (Å²) in [6.07, 6.45) is 1.51. The van der Waals surface area contributed by atoms with Gasteiger partial charge in [0.25, 0.3) is 5.91 Å². The van der Waals surface area contributed by atoms with E-state index in [4.69, 9.17) is 21.1 Å². The van der Waals surface area contributed by atoms with Crippen molar-refractivity contribution in [1.82, 2.24) is 9.99 Å². The molecule has 0 aliphatic heterocycles. The Bertz CT molecular complexity index is 1110. The molecule has 0 radical (unpaired) electrons. The Labute approximate surface area is 188 Å². The number of nitrogens with zero attached hydrogens (tertiary/aromatic N) is 2. The van der Waals surface area contributed by atoms with Gasteiger partial charge >= 0.3 is 0 Å². The predicted molar refractivity (Wildman–Crippen MR) is 123 cm³/mol. The minimum atomic E-state index is -0.400. The van der Waals surface area contributed by atoms with Crippen LogP contribution in [0.1, 0.15) is 27.3 Å². The lowest BCUT2D eigenvalue weighted by atomic mass is 10.2. The van der Waals surface area contributed by atoms with E-state index in [1.54, 1.807) is 38.5 Å². The van der Waals surface area contributed by atoms with Gasteiger partial charge in [0, 0.05) is 17.1 Å². The molecule has 0 bridgehead atoms. The number of benzene rings is 2. The van der Waals surface area contributed by atoms with Gasteiger partial charge in [0.2, 0.25) is 0 Å². The number of halogens is 2. The molecule has 1 amide bonds. The van der Waals surface area contributed by atoms with E-state index in [0.29, 0.717) is 26.6 Å². The van der Waals surface area contributed by atoms with Crippen molar-refractivity contribution in [3.63, 3.8) is 0 Å². The third kappa shape index (κ3) is 4.52. The van der Waals surface area contributed by atoms with Gasteiger partial charge in [-0.2, -0.15) is 5.10 Å². The summed E-state index contributed by atoms with van der Waals surface area (Å²) in [4.78, 5) is 12.5. The molecule has 3 aromatic rings. The minimum Gasteiger partial charge on any atom is -0.493 e. The molecule has 1 heterocycles. The summed E-state index contributed by atoms with van der Waals surface area (Å²) in [5, 5.41) is 4.37. The third-order valence-electron chi connectivity index (χ3n) is 4.56. The Morgan fingerprint density at radius 2 is 1.80 bits per heavy atom. The van der Waals surface area contributed by atoms with Crippen molar-refractivity contribution >= 4 is 39.7 Å². The van der Waals surface area contributed by atoms with Gasteiger partial charge in [-0.1, -0.05) is 11.6 Å². The Kier molecular flexibility index (Phi) is 6.84. The molecule has 0 aliphatic rings. The first-order valence-electron chi connectivity index (χ1n) is 9.05. The Hall–Kier alpha value is -2.77. The Morgan fingerprint density at radius 3 is 2.40 bits per heavy atom. The zero-order chi connectivity index (χ0) is 21.8. The van der Waals surface area contributed by atoms with Crippen molar-refractivity contribution in [2.75, 3.05) is 14.2 Å². The van der Waals surface area contributed by atoms with Gasteiger partial charge in [0.15, 0.2) is 11.5 Å². The summed E-state index contributed by atoms with van der Waals surface area (Å²) in [7, 11) is 3.11. The first-order valence-corrected chi connectivity index (χ1v) is 10.2. The van der Waals surface area contributed by atoms with Gasteiger partial charge in [0.1, 0.15) is 0 Å². The van der Waals surface area contributed by atoms with E-state index in [9.17, 15) is 4.79 Å². The van der Waals surface area contributed by atoms with Crippen LogP contribution in [-0.4, -0.2) is 30.9 Å². The highest BCUT2D eigenvalue weighted by atomic mass is 79.9. The number of carbonyl (C=O) groups is 1. The molecule has 2 aromatic carbocycles. The lowest BCUT2D eigenvalue weighted by Crippen LogP contribution is -2.18. The van der Waals surface area contributed by atoms with E-state index >= 15 is 0 Å². The van der Waals surface area contributed by atoms with Crippen LogP contribution in [0, 0.1) is 13.8 Å². The molecular formula is C22H21BrClN3O3. The number of hydrogen-bond acceptors (Lipinski definition) is 4. The average Bonchev–Trinajstić information content (AvgIpc) is 3.05. The summed E-state index contributed by atoms with van der Waals surface area (Å²) in [5.74, 6) is 0.732. The van der Waals surface area contributed by atoms with Crippen LogP contribution in [0.5, 0.6) is 11.5 Å². The maximum Gasteiger partial charge on any atom is 0.272 e. The van der Waals surface area contributed by atoms with Crippen LogP contribution in [0.2, 0.25) is 5.02 Å². The number of aromatic nitrogens is 1. The van der Waals surface area contributed by atoms with Gasteiger partial charge in [-0.3, -0.25) is 4.79 Å². The van der Waals surface area contributed by atoms with Gasteiger partial charge < -0.3 is 14.0 Å². The molecule has 0 atom stereocenters. The zero-order valence-electron chi connectivity index (χ0n) is 17.0. The fraction of sp³-hybridized carbons (Fsp3) is 0.182. The third-order valence-corrected chi connectivity index (χ3v) is 5.46. The molecule has 0 spiro atoms. The molecule has 0 fully saturated rings. The van der Waals surface area contributed by atoms with Gasteiger partial charge in [0.05, 0.1) is 35.5 Å². The lowest BCUT2D eigenvalue weighted by molar-refractivity contribution is 0.0955. The number of nitrogens with one attached hydrogen (secondary N) is 1. The quantitative estimate of drug-likeness (QED) is 0.377. The SMILES string of the molecule is COc1cc(/C=N\NC(=O)c2ccc(-n3c(C)ccc3C)cc2Cl)cc(Br)c1OC. The number of ether oxygens (including phenoxy) is 2. The fourth-order valence-electron chi connectivity index (χ4n) is 3.14. The zero-order valence-corrected chi connectivity index (χ0v) is 19.3. The van der Waals surface area contributed by atoms with Crippen molar-refractivity contribution in [3.05, 3.63) is 74.5 Å². The average molecular weight is 491 g/mol. The van der Waals surface area contributed by atoms with Gasteiger partial charge in [-0.25, -0.2) is 5.43 Å². The molecule has 0 unspecified atom stereocenters. The highest BCUT2D eigenvalue weighted by Crippen LogP contribution is 2.35. The second kappa shape index (κ2) is 9.36. The molecule has 0 saturated carbocycles. The molecule has 0 saturated heterocycles. The van der Waals surface area contributed by atoms with Crippen LogP contribution in [-0.2, 0) is 0 Å². The number of methoxy groups -OCH3 is 2. The van der Waals surface area contributed by atoms with E-state index in [1.807, 2.05) is 32.0 Å². The maximum atomic E-state index is 12.5. The first kappa shape index (κ1) is 21.9. The summed E-state index contributed by atoms with van der Waals surface area (Å²) in [5.41, 5.74) is 6.64. The van der Waals surface area contributed by atoms with Crippen LogP contribution in [0.3, 0.4) is 0 Å².